The number of primary sulfonamides is 1. The molecule has 7 heteroatoms. The summed E-state index contributed by atoms with van der Waals surface area (Å²) in [7, 11) is -3.76. The molecule has 0 radical (unpaired) electrons. The second kappa shape index (κ2) is 6.03. The van der Waals surface area contributed by atoms with Gasteiger partial charge in [0.2, 0.25) is 10.0 Å². The molecule has 0 bridgehead atoms. The summed E-state index contributed by atoms with van der Waals surface area (Å²) in [6, 6.07) is 4.51. The fourth-order valence-corrected chi connectivity index (χ4v) is 2.22. The van der Waals surface area contributed by atoms with Gasteiger partial charge in [-0.15, -0.1) is 0 Å². The Morgan fingerprint density at radius 2 is 2.06 bits per heavy atom. The Morgan fingerprint density at radius 1 is 1.39 bits per heavy atom. The molecule has 0 spiro atoms. The zero-order chi connectivity index (χ0) is 13.8. The molecule has 6 N–H and O–H groups in total. The molecule has 1 aromatic carbocycles. The highest BCUT2D eigenvalue weighted by atomic mass is 32.2. The molecule has 0 aliphatic heterocycles. The SMILES string of the molecule is CC(CCCO)Nc1cc(N)cc(S(N)(=O)=O)c1. The van der Waals surface area contributed by atoms with Gasteiger partial charge in [-0.05, 0) is 38.0 Å². The van der Waals surface area contributed by atoms with Crippen LogP contribution in [0.15, 0.2) is 23.1 Å². The molecular formula is C11H19N3O3S. The third kappa shape index (κ3) is 4.52. The third-order valence-corrected chi connectivity index (χ3v) is 3.36. The van der Waals surface area contributed by atoms with Crippen LogP contribution in [0.25, 0.3) is 0 Å². The smallest absolute Gasteiger partial charge is 0.238 e. The van der Waals surface area contributed by atoms with Crippen LogP contribution < -0.4 is 16.2 Å². The van der Waals surface area contributed by atoms with Gasteiger partial charge >= 0.3 is 0 Å². The maximum Gasteiger partial charge on any atom is 0.238 e. The van der Waals surface area contributed by atoms with Crippen molar-refractivity contribution in [1.82, 2.24) is 0 Å². The lowest BCUT2D eigenvalue weighted by molar-refractivity contribution is 0.282. The van der Waals surface area contributed by atoms with Crippen molar-refractivity contribution < 1.29 is 13.5 Å². The molecule has 18 heavy (non-hydrogen) atoms. The summed E-state index contributed by atoms with van der Waals surface area (Å²) in [6.07, 6.45) is 1.45. The first-order valence-corrected chi connectivity index (χ1v) is 7.18. The molecule has 0 amide bonds. The van der Waals surface area contributed by atoms with Crippen LogP contribution in [-0.2, 0) is 10.0 Å². The molecule has 0 aliphatic carbocycles. The van der Waals surface area contributed by atoms with Crippen molar-refractivity contribution in [2.75, 3.05) is 17.7 Å². The minimum atomic E-state index is -3.76. The molecule has 1 unspecified atom stereocenters. The number of nitrogens with one attached hydrogen (secondary N) is 1. The van der Waals surface area contributed by atoms with Gasteiger partial charge in [-0.2, -0.15) is 0 Å². The van der Waals surface area contributed by atoms with Crippen molar-refractivity contribution in [3.05, 3.63) is 18.2 Å². The summed E-state index contributed by atoms with van der Waals surface area (Å²) in [5.41, 5.74) is 6.57. The van der Waals surface area contributed by atoms with E-state index < -0.39 is 10.0 Å². The molecule has 1 atom stereocenters. The minimum Gasteiger partial charge on any atom is -0.399 e. The molecule has 1 rings (SSSR count). The number of benzene rings is 1. The lowest BCUT2D eigenvalue weighted by Crippen LogP contribution is -2.17. The van der Waals surface area contributed by atoms with Gasteiger partial charge in [0, 0.05) is 24.0 Å². The van der Waals surface area contributed by atoms with E-state index in [4.69, 9.17) is 16.0 Å². The lowest BCUT2D eigenvalue weighted by atomic mass is 10.1. The zero-order valence-electron chi connectivity index (χ0n) is 10.3. The van der Waals surface area contributed by atoms with Gasteiger partial charge in [-0.3, -0.25) is 0 Å². The number of nitrogen functional groups attached to an aromatic ring is 1. The van der Waals surface area contributed by atoms with E-state index in [0.29, 0.717) is 17.8 Å². The fraction of sp³-hybridized carbons (Fsp3) is 0.455. The van der Waals surface area contributed by atoms with Gasteiger partial charge in [0.1, 0.15) is 0 Å². The van der Waals surface area contributed by atoms with Gasteiger partial charge in [-0.25, -0.2) is 13.6 Å². The number of hydrogen-bond donors (Lipinski definition) is 4. The highest BCUT2D eigenvalue weighted by Gasteiger charge is 2.11. The summed E-state index contributed by atoms with van der Waals surface area (Å²) in [5, 5.41) is 16.9. The van der Waals surface area contributed by atoms with E-state index in [1.807, 2.05) is 6.92 Å². The second-order valence-electron chi connectivity index (χ2n) is 4.25. The van der Waals surface area contributed by atoms with Crippen molar-refractivity contribution >= 4 is 21.4 Å². The van der Waals surface area contributed by atoms with Crippen molar-refractivity contribution in [3.8, 4) is 0 Å². The van der Waals surface area contributed by atoms with Crippen molar-refractivity contribution in [2.24, 2.45) is 5.14 Å². The summed E-state index contributed by atoms with van der Waals surface area (Å²) in [4.78, 5) is -0.0145. The standard InChI is InChI=1S/C11H19N3O3S/c1-8(3-2-4-15)14-10-5-9(12)6-11(7-10)18(13,16)17/h5-8,14-15H,2-4,12H2,1H3,(H2,13,16,17). The number of anilines is 2. The number of aliphatic hydroxyl groups excluding tert-OH is 1. The lowest BCUT2D eigenvalue weighted by Gasteiger charge is -2.15. The van der Waals surface area contributed by atoms with Crippen LogP contribution in [0.2, 0.25) is 0 Å². The largest absolute Gasteiger partial charge is 0.399 e. The third-order valence-electron chi connectivity index (χ3n) is 2.47. The summed E-state index contributed by atoms with van der Waals surface area (Å²) in [5.74, 6) is 0. The minimum absolute atomic E-state index is 0.0145. The van der Waals surface area contributed by atoms with Crippen molar-refractivity contribution in [1.29, 1.82) is 0 Å². The number of rotatable bonds is 6. The normalized spacial score (nSPS) is 13.3. The topological polar surface area (TPSA) is 118 Å². The summed E-state index contributed by atoms with van der Waals surface area (Å²) < 4.78 is 22.5. The van der Waals surface area contributed by atoms with Crippen LogP contribution in [0.4, 0.5) is 11.4 Å². The molecule has 0 aliphatic rings. The van der Waals surface area contributed by atoms with Crippen LogP contribution in [-0.4, -0.2) is 26.2 Å². The highest BCUT2D eigenvalue weighted by molar-refractivity contribution is 7.89. The van der Waals surface area contributed by atoms with Gasteiger partial charge in [0.15, 0.2) is 0 Å². The predicted molar refractivity (Wildman–Crippen MR) is 71.6 cm³/mol. The Balaban J connectivity index is 2.87. The van der Waals surface area contributed by atoms with E-state index in [9.17, 15) is 8.42 Å². The predicted octanol–water partition coefficient (Wildman–Crippen LogP) is 0.489. The Bertz CT molecular complexity index is 502. The van der Waals surface area contributed by atoms with E-state index in [1.165, 1.54) is 12.1 Å². The van der Waals surface area contributed by atoms with Gasteiger partial charge < -0.3 is 16.2 Å². The average molecular weight is 273 g/mol. The molecular weight excluding hydrogens is 254 g/mol. The fourth-order valence-electron chi connectivity index (χ4n) is 1.62. The molecule has 102 valence electrons. The molecule has 0 saturated carbocycles. The monoisotopic (exact) mass is 273 g/mol. The van der Waals surface area contributed by atoms with E-state index in [1.54, 1.807) is 6.07 Å². The maximum atomic E-state index is 11.3. The molecule has 0 heterocycles. The molecule has 6 nitrogen and oxygen atoms in total. The average Bonchev–Trinajstić information content (AvgIpc) is 2.24. The summed E-state index contributed by atoms with van der Waals surface area (Å²) >= 11 is 0. The van der Waals surface area contributed by atoms with Gasteiger partial charge in [0.25, 0.3) is 0 Å². The van der Waals surface area contributed by atoms with E-state index >= 15 is 0 Å². The molecule has 0 fully saturated rings. The number of sulfonamides is 1. The second-order valence-corrected chi connectivity index (χ2v) is 5.81. The van der Waals surface area contributed by atoms with Crippen molar-refractivity contribution in [2.45, 2.75) is 30.7 Å². The van der Waals surface area contributed by atoms with Gasteiger partial charge in [-0.1, -0.05) is 0 Å². The first-order chi connectivity index (χ1) is 8.32. The Kier molecular flexibility index (Phi) is 4.94. The Labute approximate surface area is 107 Å². The van der Waals surface area contributed by atoms with Crippen molar-refractivity contribution in [3.63, 3.8) is 0 Å². The van der Waals surface area contributed by atoms with E-state index in [2.05, 4.69) is 5.32 Å². The summed E-state index contributed by atoms with van der Waals surface area (Å²) in [6.45, 7) is 2.07. The molecule has 0 aromatic heterocycles. The Hall–Kier alpha value is -1.31. The first-order valence-electron chi connectivity index (χ1n) is 5.63. The molecule has 0 saturated heterocycles. The van der Waals surface area contributed by atoms with Crippen LogP contribution in [0.1, 0.15) is 19.8 Å². The van der Waals surface area contributed by atoms with Crippen LogP contribution in [0, 0.1) is 0 Å². The van der Waals surface area contributed by atoms with E-state index in [0.717, 1.165) is 6.42 Å². The van der Waals surface area contributed by atoms with Gasteiger partial charge in [0.05, 0.1) is 4.90 Å². The quantitative estimate of drug-likeness (QED) is 0.562. The zero-order valence-corrected chi connectivity index (χ0v) is 11.1. The number of nitrogens with two attached hydrogens (primary N) is 2. The number of aliphatic hydroxyl groups is 1. The Morgan fingerprint density at radius 3 is 2.61 bits per heavy atom. The highest BCUT2D eigenvalue weighted by Crippen LogP contribution is 2.20. The number of hydrogen-bond acceptors (Lipinski definition) is 5. The van der Waals surface area contributed by atoms with E-state index in [-0.39, 0.29) is 17.5 Å². The maximum absolute atomic E-state index is 11.3. The van der Waals surface area contributed by atoms with Crippen LogP contribution >= 0.6 is 0 Å². The van der Waals surface area contributed by atoms with Crippen LogP contribution in [0.3, 0.4) is 0 Å². The molecule has 1 aromatic rings. The van der Waals surface area contributed by atoms with Crippen LogP contribution in [0.5, 0.6) is 0 Å². The first kappa shape index (κ1) is 14.7.